The molecule has 0 saturated carbocycles. The molecule has 6 rings (SSSR count). The predicted octanol–water partition coefficient (Wildman–Crippen LogP) is 12.4. The van der Waals surface area contributed by atoms with Crippen LogP contribution in [0.5, 0.6) is 0 Å². The second-order valence-electron chi connectivity index (χ2n) is 36.6. The number of rotatable bonds is 54. The highest BCUT2D eigenvalue weighted by molar-refractivity contribution is 6.07. The van der Waals surface area contributed by atoms with Gasteiger partial charge in [-0.05, 0) is 160 Å². The largest absolute Gasteiger partial charge is 0.390 e. The van der Waals surface area contributed by atoms with E-state index in [1.807, 2.05) is 188 Å². The molecule has 0 bridgehead atoms. The monoisotopic (exact) mass is 1870 g/mol. The number of carbonyl (C=O) groups is 12. The van der Waals surface area contributed by atoms with Gasteiger partial charge < -0.3 is 60.7 Å². The van der Waals surface area contributed by atoms with E-state index in [2.05, 4.69) is 39.2 Å². The summed E-state index contributed by atoms with van der Waals surface area (Å²) in [6.45, 7) is 34.9. The summed E-state index contributed by atoms with van der Waals surface area (Å²) in [6.07, 6.45) is 6.09. The highest BCUT2D eigenvalue weighted by Crippen LogP contribution is 2.23. The number of aliphatic hydroxyl groups is 3. The molecule has 12 amide bonds. The minimum absolute atomic E-state index is 0.0873. The lowest BCUT2D eigenvalue weighted by atomic mass is 9.99. The second-order valence-corrected chi connectivity index (χ2v) is 36.6. The van der Waals surface area contributed by atoms with Crippen molar-refractivity contribution in [2.24, 2.45) is 17.8 Å². The van der Waals surface area contributed by atoms with E-state index in [-0.39, 0.29) is 141 Å². The Hall–Kier alpha value is -11.3. The minimum atomic E-state index is -1.05. The third-order valence-corrected chi connectivity index (χ3v) is 21.9. The number of hydrogen-bond donors (Lipinski definition) is 9. The van der Waals surface area contributed by atoms with E-state index in [1.165, 1.54) is 57.2 Å². The molecule has 0 aliphatic carbocycles. The average molecular weight is 1870 g/mol. The maximum atomic E-state index is 13.9. The van der Waals surface area contributed by atoms with E-state index in [0.717, 1.165) is 74.5 Å². The molecule has 0 fully saturated rings. The number of hydrazine groups is 3. The van der Waals surface area contributed by atoms with Crippen LogP contribution in [-0.2, 0) is 33.6 Å². The van der Waals surface area contributed by atoms with Crippen molar-refractivity contribution in [3.8, 4) is 0 Å². The summed E-state index contributed by atoms with van der Waals surface area (Å²) in [5.41, 5.74) is 13.3. The first-order valence-electron chi connectivity index (χ1n) is 48.4. The lowest BCUT2D eigenvalue weighted by Gasteiger charge is -2.31. The van der Waals surface area contributed by atoms with Crippen molar-refractivity contribution in [1.82, 2.24) is 76.7 Å². The Morgan fingerprint density at radius 1 is 0.281 bits per heavy atom. The number of carbonyl (C=O) groups excluding carboxylic acids is 12. The van der Waals surface area contributed by atoms with Crippen LogP contribution >= 0.6 is 0 Å². The number of nitrogens with zero attached hydrogens (tertiary/aromatic N) is 9. The van der Waals surface area contributed by atoms with Crippen molar-refractivity contribution in [2.45, 2.75) is 237 Å². The van der Waals surface area contributed by atoms with Crippen LogP contribution in [0.1, 0.15) is 291 Å². The van der Waals surface area contributed by atoms with Crippen LogP contribution in [0.2, 0.25) is 0 Å². The van der Waals surface area contributed by atoms with Crippen LogP contribution in [0.3, 0.4) is 0 Å². The van der Waals surface area contributed by atoms with Crippen LogP contribution in [-0.4, -0.2) is 288 Å². The summed E-state index contributed by atoms with van der Waals surface area (Å²) in [7, 11) is 9.70. The summed E-state index contributed by atoms with van der Waals surface area (Å²) in [5, 5.41) is 48.4. The van der Waals surface area contributed by atoms with Crippen LogP contribution in [0.4, 0.5) is 0 Å². The molecule has 9 N–H and O–H groups in total. The van der Waals surface area contributed by atoms with Gasteiger partial charge in [-0.15, -0.1) is 0 Å². The molecule has 0 aromatic heterocycles. The van der Waals surface area contributed by atoms with Crippen LogP contribution < -0.4 is 32.2 Å². The molecule has 0 radical (unpaired) electrons. The topological polar surface area (TPSA) is 367 Å². The first kappa shape index (κ1) is 116. The van der Waals surface area contributed by atoms with Gasteiger partial charge in [-0.2, -0.15) is 0 Å². The third-order valence-electron chi connectivity index (χ3n) is 21.9. The van der Waals surface area contributed by atoms with Crippen LogP contribution in [0.25, 0.3) is 0 Å². The van der Waals surface area contributed by atoms with Gasteiger partial charge in [-0.25, -0.2) is 15.0 Å². The second kappa shape index (κ2) is 61.7. The summed E-state index contributed by atoms with van der Waals surface area (Å²) < 4.78 is 0. The smallest absolute Gasteiger partial charge is 0.253 e. The number of nitrogens with one attached hydrogen (secondary N) is 6. The number of amides is 12. The Morgan fingerprint density at radius 2 is 0.504 bits per heavy atom. The van der Waals surface area contributed by atoms with Gasteiger partial charge in [0.1, 0.15) is 0 Å². The number of aliphatic hydroxyl groups excluding tert-OH is 3. The summed E-state index contributed by atoms with van der Waals surface area (Å²) in [4.78, 5) is 168. The van der Waals surface area contributed by atoms with E-state index < -0.39 is 54.2 Å². The Bertz CT molecular complexity index is 4650. The van der Waals surface area contributed by atoms with Crippen molar-refractivity contribution >= 4 is 70.9 Å². The van der Waals surface area contributed by atoms with E-state index >= 15 is 0 Å². The predicted molar refractivity (Wildman–Crippen MR) is 533 cm³/mol. The Kier molecular flexibility index (Phi) is 53.0. The molecule has 0 spiro atoms. The van der Waals surface area contributed by atoms with Gasteiger partial charge in [-0.3, -0.25) is 73.8 Å². The van der Waals surface area contributed by atoms with Crippen molar-refractivity contribution in [1.29, 1.82) is 0 Å². The first-order chi connectivity index (χ1) is 64.2. The standard InChI is InChI=1S/C36H55N5O5.C35H53N5O5.C34H51N5O5/c1-8-11-19-41(38-33(43)20-26(4)5)25-32(42)31(21-27-15-13-12-14-16-27)37-34(44)28-22-29(35(45)39(6)7)24-30(23-28)36(46)40(17-9-2)18-10-3;1-8-16-39(17-9-2)35(45)29-22-27(21-28(23-29)34(44)38(6)7)33(43)36-30(20-26-14-12-11-13-15-26)31(41)24-40(18-10-3)37-32(42)19-25(4)5;1-8-16-38(17-9-2)34(44)28-21-26(20-27(22-28)33(43)37(6)7)32(42)35-29(19-25-14-12-11-13-15-25)30(40)23-39(10-3)36-31(41)18-24(4)5/h12-16,22-24,26,31-32,42H,8-11,17-21,25H2,1-7H3,(H,37,44)(H,38,43);11-15,21-23,25,30-31,41H,8-10,16-20,24H2,1-7H3,(H,36,43)(H,37,42);11-15,20-22,24,29-30,40H,8-10,16-19,23H2,1-7H3,(H,35,42)(H,36,41). The third kappa shape index (κ3) is 41.4. The zero-order valence-electron chi connectivity index (χ0n) is 84.4. The minimum Gasteiger partial charge on any atom is -0.390 e. The highest BCUT2D eigenvalue weighted by Gasteiger charge is 2.33. The van der Waals surface area contributed by atoms with E-state index in [9.17, 15) is 72.9 Å². The van der Waals surface area contributed by atoms with Gasteiger partial charge in [-0.1, -0.05) is 201 Å². The van der Waals surface area contributed by atoms with E-state index in [0.29, 0.717) is 97.4 Å². The van der Waals surface area contributed by atoms with E-state index in [1.54, 1.807) is 84.1 Å². The molecule has 30 nitrogen and oxygen atoms in total. The molecule has 0 saturated heterocycles. The molecular weight excluding hydrogens is 1710 g/mol. The van der Waals surface area contributed by atoms with Crippen LogP contribution in [0.15, 0.2) is 146 Å². The van der Waals surface area contributed by atoms with Crippen molar-refractivity contribution in [3.05, 3.63) is 212 Å². The zero-order valence-corrected chi connectivity index (χ0v) is 84.4. The molecule has 135 heavy (non-hydrogen) atoms. The zero-order chi connectivity index (χ0) is 101. The maximum Gasteiger partial charge on any atom is 0.253 e. The van der Waals surface area contributed by atoms with Gasteiger partial charge in [0.2, 0.25) is 17.7 Å². The molecule has 6 aromatic carbocycles. The lowest BCUT2D eigenvalue weighted by molar-refractivity contribution is -0.128. The molecule has 30 heteroatoms. The Morgan fingerprint density at radius 3 is 0.726 bits per heavy atom. The highest BCUT2D eigenvalue weighted by atomic mass is 16.3. The molecule has 6 atom stereocenters. The quantitative estimate of drug-likeness (QED) is 0.0160. The Balaban J connectivity index is 0.000000423. The fourth-order valence-corrected chi connectivity index (χ4v) is 15.2. The number of benzene rings is 6. The van der Waals surface area contributed by atoms with Gasteiger partial charge >= 0.3 is 0 Å². The Labute approximate surface area is 803 Å². The molecule has 0 aliphatic heterocycles. The number of likely N-dealkylation sites (N-methyl/N-ethyl adjacent to an activating group) is 1. The van der Waals surface area contributed by atoms with E-state index in [4.69, 9.17) is 0 Å². The molecule has 6 unspecified atom stereocenters. The molecule has 744 valence electrons. The van der Waals surface area contributed by atoms with Crippen molar-refractivity contribution in [2.75, 3.05) is 121 Å². The van der Waals surface area contributed by atoms with Gasteiger partial charge in [0.25, 0.3) is 53.2 Å². The molecule has 0 heterocycles. The summed E-state index contributed by atoms with van der Waals surface area (Å²) in [5.74, 6) is -3.09. The fraction of sp³-hybridized carbons (Fsp3) is 0.543. The number of hydrogen-bond acceptors (Lipinski definition) is 18. The molecule has 0 aliphatic rings. The van der Waals surface area contributed by atoms with Gasteiger partial charge in [0.05, 0.1) is 36.4 Å². The molecular formula is C105H159N15O15. The molecule has 6 aromatic rings. The van der Waals surface area contributed by atoms with Gasteiger partial charge in [0, 0.05) is 190 Å². The average Bonchev–Trinajstić information content (AvgIpc) is 0.815. The summed E-state index contributed by atoms with van der Waals surface area (Å²) >= 11 is 0. The SMILES string of the molecule is CCCCN(CC(O)C(Cc1ccccc1)NC(=O)c1cc(C(=O)N(C)C)cc(C(=O)N(CCC)CCC)c1)NC(=O)CC(C)C.CCCN(CC(O)C(Cc1ccccc1)NC(=O)c1cc(C(=O)N(C)C)cc(C(=O)N(CCC)CCC)c1)NC(=O)CC(C)C.CCCN(CCC)C(=O)c1cc(C(=O)NC(Cc2ccccc2)C(O)CN(CC)NC(=O)CC(C)C)cc(C(=O)N(C)C)c1. The number of unbranched alkanes of at least 4 members (excludes halogenated alkanes) is 1. The lowest BCUT2D eigenvalue weighted by Crippen LogP contribution is -2.53. The van der Waals surface area contributed by atoms with Crippen molar-refractivity contribution in [3.63, 3.8) is 0 Å². The fourth-order valence-electron chi connectivity index (χ4n) is 15.2. The van der Waals surface area contributed by atoms with Crippen molar-refractivity contribution < 1.29 is 72.9 Å². The normalized spacial score (nSPS) is 12.5. The maximum absolute atomic E-state index is 13.9. The first-order valence-corrected chi connectivity index (χ1v) is 48.4. The van der Waals surface area contributed by atoms with Crippen LogP contribution in [0, 0.1) is 17.8 Å². The van der Waals surface area contributed by atoms with Gasteiger partial charge in [0.15, 0.2) is 0 Å². The summed E-state index contributed by atoms with van der Waals surface area (Å²) in [6, 6.07) is 40.0.